The summed E-state index contributed by atoms with van der Waals surface area (Å²) >= 11 is 0. The van der Waals surface area contributed by atoms with Crippen molar-refractivity contribution in [2.45, 2.75) is 20.1 Å². The number of aromatic nitrogens is 2. The van der Waals surface area contributed by atoms with Gasteiger partial charge in [-0.3, -0.25) is 4.57 Å². The van der Waals surface area contributed by atoms with Gasteiger partial charge in [0, 0.05) is 11.9 Å². The van der Waals surface area contributed by atoms with Crippen LogP contribution in [0.4, 0.5) is 14.5 Å². The van der Waals surface area contributed by atoms with Crippen molar-refractivity contribution in [2.24, 2.45) is 4.99 Å². The van der Waals surface area contributed by atoms with Crippen molar-refractivity contribution >= 4 is 22.9 Å². The largest absolute Gasteiger partial charge is 0.305 e. The third-order valence-corrected chi connectivity index (χ3v) is 4.23. The van der Waals surface area contributed by atoms with E-state index < -0.39 is 12.1 Å². The molecule has 3 aromatic rings. The summed E-state index contributed by atoms with van der Waals surface area (Å²) < 4.78 is 29.4. The van der Waals surface area contributed by atoms with E-state index in [1.165, 1.54) is 24.5 Å². The third kappa shape index (κ3) is 2.69. The molecule has 1 aliphatic heterocycles. The minimum absolute atomic E-state index is 0.350. The van der Waals surface area contributed by atoms with E-state index in [2.05, 4.69) is 9.98 Å². The number of allylic oxidation sites excluding steroid dienone is 1. The molecule has 126 valence electrons. The number of imidazole rings is 1. The lowest BCUT2D eigenvalue weighted by atomic mass is 10.2. The summed E-state index contributed by atoms with van der Waals surface area (Å²) in [4.78, 5) is 10.5. The van der Waals surface area contributed by atoms with Crippen LogP contribution in [-0.2, 0) is 0 Å². The van der Waals surface area contributed by atoms with E-state index in [1.807, 2.05) is 38.1 Å². The van der Waals surface area contributed by atoms with Crippen molar-refractivity contribution in [3.63, 3.8) is 0 Å². The van der Waals surface area contributed by atoms with E-state index >= 15 is 0 Å². The topological polar surface area (TPSA) is 33.4 Å². The zero-order valence-electron chi connectivity index (χ0n) is 13.8. The number of hydrogen-bond donors (Lipinski definition) is 0. The number of benzene rings is 2. The quantitative estimate of drug-likeness (QED) is 0.681. The number of anilines is 1. The zero-order valence-corrected chi connectivity index (χ0v) is 13.8. The molecule has 0 N–H and O–H groups in total. The van der Waals surface area contributed by atoms with Crippen molar-refractivity contribution < 1.29 is 8.78 Å². The van der Waals surface area contributed by atoms with E-state index in [0.717, 1.165) is 11.3 Å². The fourth-order valence-electron chi connectivity index (χ4n) is 3.04. The number of hydrogen-bond acceptors (Lipinski definition) is 3. The Morgan fingerprint density at radius 1 is 1.00 bits per heavy atom. The Labute approximate surface area is 143 Å². The van der Waals surface area contributed by atoms with Gasteiger partial charge in [0.25, 0.3) is 0 Å². The molecule has 0 saturated carbocycles. The van der Waals surface area contributed by atoms with Crippen LogP contribution in [0.5, 0.6) is 0 Å². The lowest BCUT2D eigenvalue weighted by molar-refractivity contribution is 0.513. The van der Waals surface area contributed by atoms with Gasteiger partial charge in [0.05, 0.1) is 17.2 Å². The van der Waals surface area contributed by atoms with Crippen molar-refractivity contribution in [1.29, 1.82) is 0 Å². The molecule has 6 heteroatoms. The first-order valence-corrected chi connectivity index (χ1v) is 7.92. The summed E-state index contributed by atoms with van der Waals surface area (Å²) in [6.45, 7) is 3.82. The van der Waals surface area contributed by atoms with Crippen LogP contribution in [0.15, 0.2) is 59.5 Å². The van der Waals surface area contributed by atoms with Crippen LogP contribution in [0, 0.1) is 19.7 Å². The van der Waals surface area contributed by atoms with E-state index in [4.69, 9.17) is 0 Å². The maximum atomic E-state index is 13.9. The Balaban J connectivity index is 1.88. The number of nitrogens with zero attached hydrogens (tertiary/aromatic N) is 4. The van der Waals surface area contributed by atoms with Gasteiger partial charge in [-0.15, -0.1) is 0 Å². The molecule has 2 aromatic carbocycles. The second-order valence-electron chi connectivity index (χ2n) is 6.04. The van der Waals surface area contributed by atoms with E-state index in [0.29, 0.717) is 16.9 Å². The minimum Gasteiger partial charge on any atom is -0.305 e. The fraction of sp³-hybridized carbons (Fsp3) is 0.158. The normalized spacial score (nSPS) is 17.2. The van der Waals surface area contributed by atoms with Crippen molar-refractivity contribution in [3.8, 4) is 0 Å². The van der Waals surface area contributed by atoms with E-state index in [-0.39, 0.29) is 5.82 Å². The smallest absolute Gasteiger partial charge is 0.208 e. The summed E-state index contributed by atoms with van der Waals surface area (Å²) in [5.74, 6) is -0.113. The molecule has 25 heavy (non-hydrogen) atoms. The lowest BCUT2D eigenvalue weighted by Crippen LogP contribution is -2.30. The molecule has 1 aromatic heterocycles. The third-order valence-electron chi connectivity index (χ3n) is 4.23. The summed E-state index contributed by atoms with van der Waals surface area (Å²) in [7, 11) is 0. The van der Waals surface area contributed by atoms with Crippen molar-refractivity contribution in [1.82, 2.24) is 9.55 Å². The molecular weight excluding hydrogens is 322 g/mol. The summed E-state index contributed by atoms with van der Waals surface area (Å²) in [6, 6.07) is 12.1. The number of rotatable bonds is 2. The van der Waals surface area contributed by atoms with Crippen LogP contribution >= 0.6 is 0 Å². The molecule has 0 amide bonds. The second-order valence-corrected chi connectivity index (χ2v) is 6.04. The maximum absolute atomic E-state index is 13.9. The van der Waals surface area contributed by atoms with Gasteiger partial charge in [-0.1, -0.05) is 17.7 Å². The first kappa shape index (κ1) is 15.5. The van der Waals surface area contributed by atoms with Crippen LogP contribution in [-0.4, -0.2) is 15.8 Å². The Morgan fingerprint density at radius 3 is 2.52 bits per heavy atom. The first-order chi connectivity index (χ1) is 12.0. The average molecular weight is 338 g/mol. The lowest BCUT2D eigenvalue weighted by Gasteiger charge is -2.31. The van der Waals surface area contributed by atoms with Crippen LogP contribution in [0.1, 0.15) is 17.7 Å². The van der Waals surface area contributed by atoms with Crippen LogP contribution < -0.4 is 4.90 Å². The SMILES string of the molecule is Cc1ccc(N2C=C(F)C=NC2n2c(C)nc3ccc(F)cc32)cc1. The summed E-state index contributed by atoms with van der Waals surface area (Å²) in [5.41, 5.74) is 3.19. The molecule has 0 radical (unpaired) electrons. The fourth-order valence-corrected chi connectivity index (χ4v) is 3.04. The van der Waals surface area contributed by atoms with Gasteiger partial charge in [0.1, 0.15) is 11.6 Å². The highest BCUT2D eigenvalue weighted by molar-refractivity contribution is 5.80. The molecule has 0 bridgehead atoms. The predicted molar refractivity (Wildman–Crippen MR) is 94.8 cm³/mol. The van der Waals surface area contributed by atoms with Crippen LogP contribution in [0.3, 0.4) is 0 Å². The first-order valence-electron chi connectivity index (χ1n) is 7.92. The average Bonchev–Trinajstić information content (AvgIpc) is 2.91. The molecule has 4 rings (SSSR count). The predicted octanol–water partition coefficient (Wildman–Crippen LogP) is 4.65. The van der Waals surface area contributed by atoms with Gasteiger partial charge in [-0.2, -0.15) is 0 Å². The molecule has 4 nitrogen and oxygen atoms in total. The highest BCUT2D eigenvalue weighted by atomic mass is 19.1. The van der Waals surface area contributed by atoms with Gasteiger partial charge in [0.15, 0.2) is 5.83 Å². The van der Waals surface area contributed by atoms with Gasteiger partial charge < -0.3 is 4.90 Å². The Morgan fingerprint density at radius 2 is 1.76 bits per heavy atom. The van der Waals surface area contributed by atoms with Gasteiger partial charge in [0.2, 0.25) is 6.29 Å². The second kappa shape index (κ2) is 5.81. The Bertz CT molecular complexity index is 1000. The molecule has 0 aliphatic carbocycles. The number of halogens is 2. The van der Waals surface area contributed by atoms with Crippen molar-refractivity contribution in [2.75, 3.05) is 4.90 Å². The Kier molecular flexibility index (Phi) is 3.60. The number of fused-ring (bicyclic) bond motifs is 1. The summed E-state index contributed by atoms with van der Waals surface area (Å²) in [5, 5.41) is 0. The standard InChI is InChI=1S/C19H16F2N4/c1-12-3-6-16(7-4-12)24-11-15(21)10-22-19(24)25-13(2)23-17-8-5-14(20)9-18(17)25/h3-11,19H,1-2H3. The molecule has 0 saturated heterocycles. The highest BCUT2D eigenvalue weighted by Gasteiger charge is 2.25. The van der Waals surface area contributed by atoms with E-state index in [1.54, 1.807) is 15.5 Å². The van der Waals surface area contributed by atoms with Crippen LogP contribution in [0.2, 0.25) is 0 Å². The number of aliphatic imine (C=N–C) groups is 1. The molecule has 0 fully saturated rings. The van der Waals surface area contributed by atoms with Gasteiger partial charge >= 0.3 is 0 Å². The molecule has 1 unspecified atom stereocenters. The minimum atomic E-state index is -0.575. The molecule has 0 spiro atoms. The highest BCUT2D eigenvalue weighted by Crippen LogP contribution is 2.32. The van der Waals surface area contributed by atoms with Crippen molar-refractivity contribution in [3.05, 3.63) is 71.7 Å². The summed E-state index contributed by atoms with van der Waals surface area (Å²) in [6.07, 6.45) is 2.00. The van der Waals surface area contributed by atoms with E-state index in [9.17, 15) is 8.78 Å². The monoisotopic (exact) mass is 338 g/mol. The molecule has 1 atom stereocenters. The number of aryl methyl sites for hydroxylation is 2. The molecular formula is C19H16F2N4. The maximum Gasteiger partial charge on any atom is 0.208 e. The van der Waals surface area contributed by atoms with Gasteiger partial charge in [-0.25, -0.2) is 18.8 Å². The van der Waals surface area contributed by atoms with Crippen LogP contribution in [0.25, 0.3) is 11.0 Å². The molecule has 1 aliphatic rings. The Hall–Kier alpha value is -3.02. The van der Waals surface area contributed by atoms with Gasteiger partial charge in [-0.05, 0) is 44.2 Å². The molecule has 2 heterocycles. The zero-order chi connectivity index (χ0) is 17.6.